The molecule has 1 amide bonds. The minimum atomic E-state index is -0.485. The van der Waals surface area contributed by atoms with Crippen LogP contribution in [0.3, 0.4) is 0 Å². The fourth-order valence-corrected chi connectivity index (χ4v) is 3.39. The van der Waals surface area contributed by atoms with Gasteiger partial charge in [-0.1, -0.05) is 44.6 Å². The van der Waals surface area contributed by atoms with Crippen LogP contribution in [0.15, 0.2) is 27.6 Å². The molecule has 0 aliphatic rings. The van der Waals surface area contributed by atoms with Crippen molar-refractivity contribution in [3.63, 3.8) is 0 Å². The van der Waals surface area contributed by atoms with Gasteiger partial charge in [-0.25, -0.2) is 39.0 Å². The van der Waals surface area contributed by atoms with E-state index in [9.17, 15) is 14.4 Å². The van der Waals surface area contributed by atoms with E-state index in [4.69, 9.17) is 24.2 Å². The Morgan fingerprint density at radius 2 is 1.43 bits per heavy atom. The second kappa shape index (κ2) is 34.2. The van der Waals surface area contributed by atoms with Crippen molar-refractivity contribution in [3.05, 3.63) is 12.7 Å². The van der Waals surface area contributed by atoms with Gasteiger partial charge in [0.2, 0.25) is 12.2 Å². The van der Waals surface area contributed by atoms with Gasteiger partial charge in [0.05, 0.1) is 19.6 Å². The van der Waals surface area contributed by atoms with Crippen LogP contribution in [0.2, 0.25) is 0 Å². The third-order valence-corrected chi connectivity index (χ3v) is 5.57. The first-order valence-electron chi connectivity index (χ1n) is 14.8. The fourth-order valence-electron chi connectivity index (χ4n) is 3.39. The van der Waals surface area contributed by atoms with Crippen molar-refractivity contribution in [2.75, 3.05) is 65.8 Å². The molecular weight excluding hydrogens is 548 g/mol. The highest BCUT2D eigenvalue weighted by molar-refractivity contribution is 5.66. The number of ether oxygens (including phenoxy) is 1. The zero-order valence-corrected chi connectivity index (χ0v) is 25.0. The molecule has 0 atom stereocenters. The lowest BCUT2D eigenvalue weighted by Crippen LogP contribution is -2.31. The lowest BCUT2D eigenvalue weighted by Gasteiger charge is -2.19. The Hall–Kier alpha value is -2.96. The normalized spacial score (nSPS) is 10.8. The first kappa shape index (κ1) is 39.0. The van der Waals surface area contributed by atoms with Gasteiger partial charge in [0.25, 0.3) is 0 Å². The van der Waals surface area contributed by atoms with E-state index in [1.54, 1.807) is 18.2 Å². The number of carbonyl (C=O) groups excluding carboxylic acids is 3. The number of unbranched alkanes of at least 4 members (excludes halogenated alkanes) is 9. The summed E-state index contributed by atoms with van der Waals surface area (Å²) in [6.45, 7) is 7.94. The SMILES string of the molecule is C=CCOOCCOC(=O)NCCCCCCN(OC=NCCCCCCN=C=O)OCNCCCCCCN=C=O. The number of alkyl carbamates (subject to hydrolysis) is 1. The van der Waals surface area contributed by atoms with Gasteiger partial charge in [0.15, 0.2) is 6.40 Å². The zero-order chi connectivity index (χ0) is 30.6. The Morgan fingerprint density at radius 1 is 0.786 bits per heavy atom. The van der Waals surface area contributed by atoms with Crippen LogP contribution < -0.4 is 10.6 Å². The summed E-state index contributed by atoms with van der Waals surface area (Å²) in [5.41, 5.74) is 0. The van der Waals surface area contributed by atoms with Crippen LogP contribution in [0.1, 0.15) is 77.0 Å². The summed E-state index contributed by atoms with van der Waals surface area (Å²) in [5, 5.41) is 7.38. The number of amides is 1. The second-order valence-corrected chi connectivity index (χ2v) is 9.09. The largest absolute Gasteiger partial charge is 0.447 e. The number of hydrogen-bond donors (Lipinski definition) is 2. The molecule has 0 saturated carbocycles. The van der Waals surface area contributed by atoms with Gasteiger partial charge in [0, 0.05) is 13.1 Å². The molecule has 240 valence electrons. The highest BCUT2D eigenvalue weighted by atomic mass is 17.2. The number of isocyanates is 2. The second-order valence-electron chi connectivity index (χ2n) is 9.09. The monoisotopic (exact) mass is 598 g/mol. The quantitative estimate of drug-likeness (QED) is 0.0170. The maximum atomic E-state index is 11.6. The number of hydrogen-bond acceptors (Lipinski definition) is 13. The molecule has 2 N–H and O–H groups in total. The molecule has 0 aromatic heterocycles. The van der Waals surface area contributed by atoms with Crippen molar-refractivity contribution in [2.45, 2.75) is 77.0 Å². The Balaban J connectivity index is 4.07. The Morgan fingerprint density at radius 3 is 2.12 bits per heavy atom. The van der Waals surface area contributed by atoms with E-state index in [1.807, 2.05) is 0 Å². The van der Waals surface area contributed by atoms with Crippen LogP contribution in [0.5, 0.6) is 0 Å². The van der Waals surface area contributed by atoms with Gasteiger partial charge in [-0.2, -0.15) is 0 Å². The number of nitrogens with one attached hydrogen (secondary N) is 2. The molecule has 0 aromatic rings. The van der Waals surface area contributed by atoms with Crippen molar-refractivity contribution in [1.82, 2.24) is 15.9 Å². The number of hydroxylamine groups is 2. The minimum Gasteiger partial charge on any atom is -0.447 e. The molecule has 0 spiro atoms. The molecule has 42 heavy (non-hydrogen) atoms. The Kier molecular flexibility index (Phi) is 31.8. The topological polar surface area (TPSA) is 162 Å². The lowest BCUT2D eigenvalue weighted by atomic mass is 10.2. The van der Waals surface area contributed by atoms with E-state index in [0.29, 0.717) is 39.5 Å². The highest BCUT2D eigenvalue weighted by Gasteiger charge is 2.06. The van der Waals surface area contributed by atoms with E-state index in [1.165, 1.54) is 11.6 Å². The van der Waals surface area contributed by atoms with Crippen LogP contribution in [0.4, 0.5) is 4.79 Å². The van der Waals surface area contributed by atoms with Gasteiger partial charge in [0.1, 0.15) is 26.6 Å². The van der Waals surface area contributed by atoms with E-state index in [-0.39, 0.29) is 19.8 Å². The van der Waals surface area contributed by atoms with E-state index < -0.39 is 6.09 Å². The predicted molar refractivity (Wildman–Crippen MR) is 158 cm³/mol. The van der Waals surface area contributed by atoms with Crippen LogP contribution in [-0.4, -0.2) is 95.7 Å². The average Bonchev–Trinajstić information content (AvgIpc) is 2.99. The molecule has 0 unspecified atom stereocenters. The number of aliphatic imine (C=N–C) groups is 3. The Labute approximate surface area is 249 Å². The molecule has 0 rings (SSSR count). The summed E-state index contributed by atoms with van der Waals surface area (Å²) in [7, 11) is 0. The summed E-state index contributed by atoms with van der Waals surface area (Å²) < 4.78 is 4.99. The Bertz CT molecular complexity index is 761. The summed E-state index contributed by atoms with van der Waals surface area (Å²) in [6.07, 6.45) is 16.9. The molecule has 0 bridgehead atoms. The molecule has 0 aliphatic heterocycles. The van der Waals surface area contributed by atoms with Crippen LogP contribution in [0.25, 0.3) is 0 Å². The zero-order valence-electron chi connectivity index (χ0n) is 25.0. The van der Waals surface area contributed by atoms with Crippen LogP contribution >= 0.6 is 0 Å². The molecule has 14 heteroatoms. The van der Waals surface area contributed by atoms with Crippen molar-refractivity contribution in [1.29, 1.82) is 0 Å². The summed E-state index contributed by atoms with van der Waals surface area (Å²) in [5.74, 6) is 0. The molecule has 0 heterocycles. The number of nitrogens with zero attached hydrogens (tertiary/aromatic N) is 4. The summed E-state index contributed by atoms with van der Waals surface area (Å²) in [4.78, 5) is 64.0. The van der Waals surface area contributed by atoms with Gasteiger partial charge in [-0.15, -0.1) is 6.58 Å². The standard InChI is InChI=1S/C28H50N6O8/c1-2-21-41-42-23-22-38-28(37)33-19-13-7-8-14-20-34(39-26-31-17-11-5-3-9-15-29-24-35)40-27-32-18-12-6-4-10-16-30-25-36/h2,26,32H,1,3-23,27H2,(H,33,37). The van der Waals surface area contributed by atoms with Crippen molar-refractivity contribution >= 4 is 24.7 Å². The molecule has 0 fully saturated rings. The van der Waals surface area contributed by atoms with Gasteiger partial charge >= 0.3 is 6.09 Å². The van der Waals surface area contributed by atoms with Crippen molar-refractivity contribution < 1.29 is 38.6 Å². The third kappa shape index (κ3) is 31.6. The fraction of sp³-hybridized carbons (Fsp3) is 0.786. The number of carbonyl (C=O) groups is 1. The molecule has 0 aliphatic carbocycles. The molecule has 0 radical (unpaired) electrons. The third-order valence-electron chi connectivity index (χ3n) is 5.57. The maximum absolute atomic E-state index is 11.6. The first-order chi connectivity index (χ1) is 20.7. The van der Waals surface area contributed by atoms with Gasteiger partial charge in [-0.05, 0) is 50.3 Å². The summed E-state index contributed by atoms with van der Waals surface area (Å²) >= 11 is 0. The molecule has 0 saturated heterocycles. The number of rotatable bonds is 32. The smallest absolute Gasteiger partial charge is 0.407 e. The van der Waals surface area contributed by atoms with Crippen LogP contribution in [-0.2, 0) is 33.8 Å². The maximum Gasteiger partial charge on any atom is 0.407 e. The predicted octanol–water partition coefficient (Wildman–Crippen LogP) is 3.94. The molecule has 0 aromatic carbocycles. The summed E-state index contributed by atoms with van der Waals surface area (Å²) in [6, 6.07) is 0. The van der Waals surface area contributed by atoms with Gasteiger partial charge in [-0.3, -0.25) is 10.3 Å². The molecular formula is C28H50N6O8. The van der Waals surface area contributed by atoms with Crippen molar-refractivity contribution in [3.8, 4) is 0 Å². The highest BCUT2D eigenvalue weighted by Crippen LogP contribution is 2.04. The minimum absolute atomic E-state index is 0.104. The lowest BCUT2D eigenvalue weighted by molar-refractivity contribution is -0.327. The van der Waals surface area contributed by atoms with E-state index in [0.717, 1.165) is 83.6 Å². The molecule has 14 nitrogen and oxygen atoms in total. The van der Waals surface area contributed by atoms with E-state index in [2.05, 4.69) is 32.2 Å². The average molecular weight is 599 g/mol. The first-order valence-corrected chi connectivity index (χ1v) is 14.8. The van der Waals surface area contributed by atoms with Crippen LogP contribution in [0, 0.1) is 0 Å². The van der Waals surface area contributed by atoms with Crippen molar-refractivity contribution in [2.24, 2.45) is 15.0 Å². The van der Waals surface area contributed by atoms with E-state index >= 15 is 0 Å². The van der Waals surface area contributed by atoms with Gasteiger partial charge < -0.3 is 14.9 Å².